The summed E-state index contributed by atoms with van der Waals surface area (Å²) in [6.45, 7) is 2.26. The van der Waals surface area contributed by atoms with Crippen LogP contribution in [0.4, 0.5) is 0 Å². The lowest BCUT2D eigenvalue weighted by Crippen LogP contribution is -2.01. The van der Waals surface area contributed by atoms with Crippen molar-refractivity contribution in [3.05, 3.63) is 65.7 Å². The second-order valence-electron chi connectivity index (χ2n) is 6.11. The first kappa shape index (κ1) is 16.6. The number of unbranched alkanes of at least 4 members (excludes halogenated alkanes) is 5. The molecular formula is C21H28O. The molecule has 1 unspecified atom stereocenters. The average molecular weight is 296 g/mol. The van der Waals surface area contributed by atoms with Crippen molar-refractivity contribution >= 4 is 0 Å². The molecule has 0 aromatic heterocycles. The van der Waals surface area contributed by atoms with Gasteiger partial charge in [-0.25, -0.2) is 0 Å². The van der Waals surface area contributed by atoms with Gasteiger partial charge in [-0.2, -0.15) is 0 Å². The third-order valence-electron chi connectivity index (χ3n) is 4.34. The minimum atomic E-state index is 0.343. The average Bonchev–Trinajstić information content (AvgIpc) is 2.56. The Morgan fingerprint density at radius 3 is 2.00 bits per heavy atom. The fourth-order valence-electron chi connectivity index (χ4n) is 3.05. The number of phenols is 1. The number of hydrogen-bond donors (Lipinski definition) is 1. The van der Waals surface area contributed by atoms with Gasteiger partial charge in [0.15, 0.2) is 0 Å². The quantitative estimate of drug-likeness (QED) is 0.540. The van der Waals surface area contributed by atoms with Crippen LogP contribution in [0.5, 0.6) is 5.75 Å². The van der Waals surface area contributed by atoms with E-state index >= 15 is 0 Å². The molecule has 0 heterocycles. The third-order valence-corrected chi connectivity index (χ3v) is 4.34. The Kier molecular flexibility index (Phi) is 7.02. The lowest BCUT2D eigenvalue weighted by molar-refractivity contribution is 0.474. The Balaban J connectivity index is 1.98. The summed E-state index contributed by atoms with van der Waals surface area (Å²) in [6, 6.07) is 18.5. The molecule has 0 aliphatic heterocycles. The van der Waals surface area contributed by atoms with Gasteiger partial charge >= 0.3 is 0 Å². The summed E-state index contributed by atoms with van der Waals surface area (Å²) < 4.78 is 0. The van der Waals surface area contributed by atoms with Gasteiger partial charge in [0.2, 0.25) is 0 Å². The summed E-state index contributed by atoms with van der Waals surface area (Å²) in [7, 11) is 0. The topological polar surface area (TPSA) is 20.2 Å². The van der Waals surface area contributed by atoms with Crippen molar-refractivity contribution < 1.29 is 5.11 Å². The van der Waals surface area contributed by atoms with E-state index in [1.165, 1.54) is 56.1 Å². The highest BCUT2D eigenvalue weighted by molar-refractivity contribution is 5.35. The lowest BCUT2D eigenvalue weighted by Gasteiger charge is -2.18. The Morgan fingerprint density at radius 2 is 1.32 bits per heavy atom. The molecule has 0 fully saturated rings. The van der Waals surface area contributed by atoms with E-state index < -0.39 is 0 Å². The highest BCUT2D eigenvalue weighted by Crippen LogP contribution is 2.31. The van der Waals surface area contributed by atoms with Gasteiger partial charge in [-0.05, 0) is 29.7 Å². The lowest BCUT2D eigenvalue weighted by atomic mass is 9.86. The normalized spacial score (nSPS) is 12.2. The van der Waals surface area contributed by atoms with Crippen molar-refractivity contribution in [1.29, 1.82) is 0 Å². The predicted octanol–water partition coefficient (Wildman–Crippen LogP) is 6.27. The maximum atomic E-state index is 9.51. The van der Waals surface area contributed by atoms with Gasteiger partial charge in [0.1, 0.15) is 5.75 Å². The summed E-state index contributed by atoms with van der Waals surface area (Å²) in [4.78, 5) is 0. The van der Waals surface area contributed by atoms with Crippen LogP contribution in [0.2, 0.25) is 0 Å². The van der Waals surface area contributed by atoms with Crippen LogP contribution in [0.3, 0.4) is 0 Å². The molecule has 0 amide bonds. The molecule has 22 heavy (non-hydrogen) atoms. The minimum Gasteiger partial charge on any atom is -0.508 e. The molecule has 0 saturated carbocycles. The monoisotopic (exact) mass is 296 g/mol. The van der Waals surface area contributed by atoms with Gasteiger partial charge in [0, 0.05) is 5.92 Å². The van der Waals surface area contributed by atoms with E-state index in [1.54, 1.807) is 12.1 Å². The van der Waals surface area contributed by atoms with Crippen molar-refractivity contribution in [2.24, 2.45) is 0 Å². The highest BCUT2D eigenvalue weighted by atomic mass is 16.3. The molecule has 2 aromatic carbocycles. The van der Waals surface area contributed by atoms with Crippen molar-refractivity contribution in [2.75, 3.05) is 0 Å². The highest BCUT2D eigenvalue weighted by Gasteiger charge is 2.13. The largest absolute Gasteiger partial charge is 0.508 e. The maximum Gasteiger partial charge on any atom is 0.115 e. The van der Waals surface area contributed by atoms with Crippen molar-refractivity contribution in [3.63, 3.8) is 0 Å². The van der Waals surface area contributed by atoms with Gasteiger partial charge in [0.25, 0.3) is 0 Å². The molecular weight excluding hydrogens is 268 g/mol. The first-order chi connectivity index (χ1) is 10.8. The molecule has 0 aliphatic rings. The van der Waals surface area contributed by atoms with Gasteiger partial charge < -0.3 is 5.11 Å². The second kappa shape index (κ2) is 9.30. The van der Waals surface area contributed by atoms with Crippen LogP contribution >= 0.6 is 0 Å². The van der Waals surface area contributed by atoms with Crippen LogP contribution < -0.4 is 0 Å². The van der Waals surface area contributed by atoms with E-state index in [0.29, 0.717) is 11.7 Å². The standard InChI is InChI=1S/C21H28O/c1-2-3-4-5-6-10-13-21(18-11-8-7-9-12-18)19-14-16-20(22)17-15-19/h7-9,11-12,14-17,21-22H,2-6,10,13H2,1H3. The fraction of sp³-hybridized carbons (Fsp3) is 0.429. The number of aromatic hydroxyl groups is 1. The molecule has 0 bridgehead atoms. The van der Waals surface area contributed by atoms with Crippen molar-refractivity contribution in [3.8, 4) is 5.75 Å². The van der Waals surface area contributed by atoms with Crippen LogP contribution in [0.15, 0.2) is 54.6 Å². The summed E-state index contributed by atoms with van der Waals surface area (Å²) in [5.41, 5.74) is 2.68. The number of hydrogen-bond acceptors (Lipinski definition) is 1. The van der Waals surface area contributed by atoms with E-state index in [0.717, 1.165) is 0 Å². The van der Waals surface area contributed by atoms with Crippen LogP contribution in [0.1, 0.15) is 68.9 Å². The van der Waals surface area contributed by atoms with Crippen LogP contribution in [-0.4, -0.2) is 5.11 Å². The summed E-state index contributed by atoms with van der Waals surface area (Å²) >= 11 is 0. The number of phenolic OH excluding ortho intramolecular Hbond substituents is 1. The van der Waals surface area contributed by atoms with Crippen LogP contribution in [0.25, 0.3) is 0 Å². The zero-order valence-corrected chi connectivity index (χ0v) is 13.7. The molecule has 2 aromatic rings. The molecule has 1 atom stereocenters. The molecule has 0 aliphatic carbocycles. The maximum absolute atomic E-state index is 9.51. The van der Waals surface area contributed by atoms with Gasteiger partial charge in [-0.15, -0.1) is 0 Å². The summed E-state index contributed by atoms with van der Waals surface area (Å²) in [5.74, 6) is 0.781. The molecule has 2 rings (SSSR count). The molecule has 0 saturated heterocycles. The first-order valence-electron chi connectivity index (χ1n) is 8.65. The molecule has 0 spiro atoms. The number of benzene rings is 2. The zero-order valence-electron chi connectivity index (χ0n) is 13.7. The van der Waals surface area contributed by atoms with Crippen LogP contribution in [-0.2, 0) is 0 Å². The zero-order chi connectivity index (χ0) is 15.6. The van der Waals surface area contributed by atoms with Crippen molar-refractivity contribution in [2.45, 2.75) is 57.8 Å². The Morgan fingerprint density at radius 1 is 0.727 bits per heavy atom. The van der Waals surface area contributed by atoms with E-state index in [4.69, 9.17) is 0 Å². The van der Waals surface area contributed by atoms with Crippen molar-refractivity contribution in [1.82, 2.24) is 0 Å². The fourth-order valence-corrected chi connectivity index (χ4v) is 3.05. The molecule has 0 radical (unpaired) electrons. The van der Waals surface area contributed by atoms with E-state index in [2.05, 4.69) is 49.4 Å². The predicted molar refractivity (Wildman–Crippen MR) is 94.4 cm³/mol. The molecule has 118 valence electrons. The van der Waals surface area contributed by atoms with E-state index in [-0.39, 0.29) is 0 Å². The molecule has 1 N–H and O–H groups in total. The SMILES string of the molecule is CCCCCCCCC(c1ccccc1)c1ccc(O)cc1. The smallest absolute Gasteiger partial charge is 0.115 e. The Hall–Kier alpha value is -1.76. The Labute approximate surface area is 135 Å². The van der Waals surface area contributed by atoms with Gasteiger partial charge in [0.05, 0.1) is 0 Å². The molecule has 1 heteroatoms. The van der Waals surface area contributed by atoms with E-state index in [9.17, 15) is 5.11 Å². The van der Waals surface area contributed by atoms with Gasteiger partial charge in [-0.3, -0.25) is 0 Å². The molecule has 1 nitrogen and oxygen atoms in total. The first-order valence-corrected chi connectivity index (χ1v) is 8.65. The van der Waals surface area contributed by atoms with E-state index in [1.807, 2.05) is 0 Å². The number of rotatable bonds is 9. The Bertz CT molecular complexity index is 515. The van der Waals surface area contributed by atoms with Gasteiger partial charge in [-0.1, -0.05) is 87.9 Å². The summed E-state index contributed by atoms with van der Waals surface area (Å²) in [5, 5.41) is 9.51. The second-order valence-corrected chi connectivity index (χ2v) is 6.11. The summed E-state index contributed by atoms with van der Waals surface area (Å²) in [6.07, 6.45) is 9.16. The third kappa shape index (κ3) is 5.22. The minimum absolute atomic E-state index is 0.343. The van der Waals surface area contributed by atoms with Crippen LogP contribution in [0, 0.1) is 0 Å².